The highest BCUT2D eigenvalue weighted by Gasteiger charge is 2.04. The molecule has 138 valence electrons. The lowest BCUT2D eigenvalue weighted by molar-refractivity contribution is 0.317. The summed E-state index contributed by atoms with van der Waals surface area (Å²) in [6.45, 7) is 8.31. The van der Waals surface area contributed by atoms with Crippen molar-refractivity contribution in [3.05, 3.63) is 45.4 Å². The van der Waals surface area contributed by atoms with Crippen LogP contribution in [0.3, 0.4) is 0 Å². The van der Waals surface area contributed by atoms with E-state index in [1.165, 1.54) is 4.88 Å². The van der Waals surface area contributed by atoms with Crippen molar-refractivity contribution < 1.29 is 4.74 Å². The van der Waals surface area contributed by atoms with Crippen LogP contribution >= 0.6 is 35.3 Å². The van der Waals surface area contributed by atoms with Gasteiger partial charge in [-0.1, -0.05) is 18.2 Å². The van der Waals surface area contributed by atoms with Crippen LogP contribution in [0.1, 0.15) is 21.0 Å². The molecule has 5 nitrogen and oxygen atoms in total. The van der Waals surface area contributed by atoms with E-state index < -0.39 is 0 Å². The van der Waals surface area contributed by atoms with Crippen LogP contribution in [0.2, 0.25) is 0 Å². The Labute approximate surface area is 171 Å². The number of halogens is 1. The predicted molar refractivity (Wildman–Crippen MR) is 117 cm³/mol. The Balaban J connectivity index is 0.00000312. The zero-order chi connectivity index (χ0) is 17.4. The second-order valence-electron chi connectivity index (χ2n) is 5.61. The number of hydrogen-bond donors (Lipinski definition) is 2. The van der Waals surface area contributed by atoms with Crippen molar-refractivity contribution in [3.8, 4) is 5.75 Å². The zero-order valence-electron chi connectivity index (χ0n) is 15.3. The first-order valence-corrected chi connectivity index (χ1v) is 8.96. The van der Waals surface area contributed by atoms with Gasteiger partial charge in [-0.05, 0) is 31.9 Å². The van der Waals surface area contributed by atoms with Crippen molar-refractivity contribution in [2.24, 2.45) is 4.99 Å². The van der Waals surface area contributed by atoms with Gasteiger partial charge in [-0.15, -0.1) is 35.3 Å². The molecule has 7 heteroatoms. The number of aliphatic imine (C=N–C) groups is 1. The number of hydrogen-bond acceptors (Lipinski definition) is 4. The molecule has 0 atom stereocenters. The van der Waals surface area contributed by atoms with E-state index in [-0.39, 0.29) is 24.0 Å². The van der Waals surface area contributed by atoms with E-state index >= 15 is 0 Å². The number of guanidine groups is 1. The SMILES string of the molecule is CN=C(NCCOc1c(C)cccc1C)NCCc1ncc(C)s1.I. The van der Waals surface area contributed by atoms with Crippen LogP contribution in [0.15, 0.2) is 29.4 Å². The molecule has 0 aliphatic rings. The molecule has 1 aromatic carbocycles. The number of rotatable bonds is 7. The van der Waals surface area contributed by atoms with E-state index in [0.717, 1.165) is 40.8 Å². The highest BCUT2D eigenvalue weighted by molar-refractivity contribution is 14.0. The summed E-state index contributed by atoms with van der Waals surface area (Å²) in [7, 11) is 1.77. The number of ether oxygens (including phenoxy) is 1. The maximum Gasteiger partial charge on any atom is 0.191 e. The largest absolute Gasteiger partial charge is 0.491 e. The molecule has 0 aliphatic heterocycles. The summed E-state index contributed by atoms with van der Waals surface area (Å²) in [5, 5.41) is 7.71. The van der Waals surface area contributed by atoms with Gasteiger partial charge in [0.15, 0.2) is 5.96 Å². The van der Waals surface area contributed by atoms with Gasteiger partial charge in [0.2, 0.25) is 0 Å². The highest BCUT2D eigenvalue weighted by Crippen LogP contribution is 2.21. The van der Waals surface area contributed by atoms with Gasteiger partial charge in [-0.25, -0.2) is 4.98 Å². The topological polar surface area (TPSA) is 58.5 Å². The van der Waals surface area contributed by atoms with E-state index in [1.54, 1.807) is 18.4 Å². The molecule has 2 N–H and O–H groups in total. The number of thiazole rings is 1. The number of nitrogens with one attached hydrogen (secondary N) is 2. The molecule has 1 heterocycles. The number of para-hydroxylation sites is 1. The summed E-state index contributed by atoms with van der Waals surface area (Å²) in [6.07, 6.45) is 2.82. The van der Waals surface area contributed by atoms with E-state index in [0.29, 0.717) is 13.2 Å². The molecule has 0 radical (unpaired) electrons. The van der Waals surface area contributed by atoms with E-state index in [2.05, 4.69) is 53.5 Å². The Kier molecular flexibility index (Phi) is 9.81. The summed E-state index contributed by atoms with van der Waals surface area (Å²) in [5.74, 6) is 1.76. The first kappa shape index (κ1) is 21.7. The molecule has 25 heavy (non-hydrogen) atoms. The molecule has 2 rings (SSSR count). The average Bonchev–Trinajstić information content (AvgIpc) is 2.97. The lowest BCUT2D eigenvalue weighted by Gasteiger charge is -2.14. The van der Waals surface area contributed by atoms with Gasteiger partial charge in [0.05, 0.1) is 11.6 Å². The van der Waals surface area contributed by atoms with Crippen molar-refractivity contribution >= 4 is 41.3 Å². The molecular weight excluding hydrogens is 447 g/mol. The van der Waals surface area contributed by atoms with Crippen LogP contribution in [0.25, 0.3) is 0 Å². The minimum Gasteiger partial charge on any atom is -0.491 e. The lowest BCUT2D eigenvalue weighted by Crippen LogP contribution is -2.40. The van der Waals surface area contributed by atoms with Crippen molar-refractivity contribution in [3.63, 3.8) is 0 Å². The molecule has 0 saturated carbocycles. The van der Waals surface area contributed by atoms with Crippen LogP contribution in [0, 0.1) is 20.8 Å². The van der Waals surface area contributed by atoms with E-state index in [1.807, 2.05) is 12.3 Å². The predicted octanol–water partition coefficient (Wildman–Crippen LogP) is 3.47. The Morgan fingerprint density at radius 3 is 2.44 bits per heavy atom. The summed E-state index contributed by atoms with van der Waals surface area (Å²) in [6, 6.07) is 6.18. The summed E-state index contributed by atoms with van der Waals surface area (Å²) in [5.41, 5.74) is 2.33. The van der Waals surface area contributed by atoms with Crippen molar-refractivity contribution in [1.82, 2.24) is 15.6 Å². The molecule has 1 aromatic heterocycles. The smallest absolute Gasteiger partial charge is 0.191 e. The lowest BCUT2D eigenvalue weighted by atomic mass is 10.1. The van der Waals surface area contributed by atoms with Crippen LogP contribution in [-0.4, -0.2) is 37.7 Å². The van der Waals surface area contributed by atoms with E-state index in [9.17, 15) is 0 Å². The summed E-state index contributed by atoms with van der Waals surface area (Å²) >= 11 is 1.74. The Hall–Kier alpha value is -1.35. The van der Waals surface area contributed by atoms with Gasteiger partial charge >= 0.3 is 0 Å². The molecule has 0 bridgehead atoms. The van der Waals surface area contributed by atoms with Crippen molar-refractivity contribution in [2.45, 2.75) is 27.2 Å². The fourth-order valence-electron chi connectivity index (χ4n) is 2.37. The van der Waals surface area contributed by atoms with Gasteiger partial charge in [0, 0.05) is 31.1 Å². The van der Waals surface area contributed by atoms with Crippen LogP contribution < -0.4 is 15.4 Å². The maximum atomic E-state index is 5.89. The third-order valence-electron chi connectivity index (χ3n) is 3.57. The molecule has 0 unspecified atom stereocenters. The van der Waals surface area contributed by atoms with E-state index in [4.69, 9.17) is 4.74 Å². The molecule has 2 aromatic rings. The van der Waals surface area contributed by atoms with Gasteiger partial charge in [-0.2, -0.15) is 0 Å². The molecule has 0 fully saturated rings. The number of aromatic nitrogens is 1. The van der Waals surface area contributed by atoms with Gasteiger partial charge in [-0.3, -0.25) is 4.99 Å². The molecular formula is C18H27IN4OS. The minimum absolute atomic E-state index is 0. The highest BCUT2D eigenvalue weighted by atomic mass is 127. The standard InChI is InChI=1S/C18H26N4OS.HI/c1-13-6-5-7-14(2)17(13)23-11-10-21-18(19-4)20-9-8-16-22-12-15(3)24-16;/h5-7,12H,8-11H2,1-4H3,(H2,19,20,21);1H. The summed E-state index contributed by atoms with van der Waals surface area (Å²) in [4.78, 5) is 9.83. The third kappa shape index (κ3) is 7.19. The minimum atomic E-state index is 0. The number of benzene rings is 1. The Morgan fingerprint density at radius 2 is 1.84 bits per heavy atom. The second-order valence-corrected chi connectivity index (χ2v) is 6.93. The monoisotopic (exact) mass is 474 g/mol. The van der Waals surface area contributed by atoms with Crippen molar-refractivity contribution in [1.29, 1.82) is 0 Å². The van der Waals surface area contributed by atoms with Crippen LogP contribution in [-0.2, 0) is 6.42 Å². The number of nitrogens with zero attached hydrogens (tertiary/aromatic N) is 2. The van der Waals surface area contributed by atoms with Gasteiger partial charge < -0.3 is 15.4 Å². The fraction of sp³-hybridized carbons (Fsp3) is 0.444. The quantitative estimate of drug-likeness (QED) is 0.279. The second kappa shape index (κ2) is 11.3. The maximum absolute atomic E-state index is 5.89. The van der Waals surface area contributed by atoms with Gasteiger partial charge in [0.1, 0.15) is 12.4 Å². The van der Waals surface area contributed by atoms with Crippen LogP contribution in [0.5, 0.6) is 5.75 Å². The fourth-order valence-corrected chi connectivity index (χ4v) is 3.16. The average molecular weight is 474 g/mol. The van der Waals surface area contributed by atoms with Crippen LogP contribution in [0.4, 0.5) is 0 Å². The zero-order valence-corrected chi connectivity index (χ0v) is 18.4. The Morgan fingerprint density at radius 1 is 1.16 bits per heavy atom. The molecule has 0 amide bonds. The summed E-state index contributed by atoms with van der Waals surface area (Å²) < 4.78 is 5.89. The molecule has 0 aliphatic carbocycles. The first-order chi connectivity index (χ1) is 11.6. The molecule has 0 spiro atoms. The molecule has 0 saturated heterocycles. The normalized spacial score (nSPS) is 11.0. The Bertz CT molecular complexity index is 667. The first-order valence-electron chi connectivity index (χ1n) is 8.15. The van der Waals surface area contributed by atoms with Gasteiger partial charge in [0.25, 0.3) is 0 Å². The number of aryl methyl sites for hydroxylation is 3. The van der Waals surface area contributed by atoms with Crippen molar-refractivity contribution in [2.75, 3.05) is 26.7 Å². The third-order valence-corrected chi connectivity index (χ3v) is 4.55.